The molecule has 0 radical (unpaired) electrons. The molecule has 0 saturated heterocycles. The van der Waals surface area contributed by atoms with E-state index in [2.05, 4.69) is 5.32 Å². The molecule has 0 heterocycles. The van der Waals surface area contributed by atoms with Crippen LogP contribution < -0.4 is 10.1 Å². The van der Waals surface area contributed by atoms with Gasteiger partial charge in [-0.25, -0.2) is 4.39 Å². The van der Waals surface area contributed by atoms with Gasteiger partial charge in [0.05, 0.1) is 0 Å². The Morgan fingerprint density at radius 2 is 1.84 bits per heavy atom. The highest BCUT2D eigenvalue weighted by Gasteiger charge is 2.21. The van der Waals surface area contributed by atoms with E-state index in [0.717, 1.165) is 0 Å². The molecule has 1 aromatic rings. The van der Waals surface area contributed by atoms with Gasteiger partial charge in [0, 0.05) is 6.04 Å². The van der Waals surface area contributed by atoms with Crippen LogP contribution in [-0.2, 0) is 4.79 Å². The number of halogens is 1. The van der Waals surface area contributed by atoms with E-state index in [0.29, 0.717) is 18.1 Å². The molecule has 0 aromatic heterocycles. The van der Waals surface area contributed by atoms with Crippen LogP contribution in [-0.4, -0.2) is 18.1 Å². The standard InChI is InChI=1S/C15H22FNO2/c1-5-14(15(18)17-11(4)10(2)3)19-13-8-6-12(16)7-9-13/h6-11,14H,5H2,1-4H3,(H,17,18). The smallest absolute Gasteiger partial charge is 0.261 e. The van der Waals surface area contributed by atoms with Crippen LogP contribution in [0.1, 0.15) is 34.1 Å². The molecule has 0 fully saturated rings. The molecule has 1 rings (SSSR count). The lowest BCUT2D eigenvalue weighted by Crippen LogP contribution is -2.44. The van der Waals surface area contributed by atoms with Crippen LogP contribution >= 0.6 is 0 Å². The second-order valence-electron chi connectivity index (χ2n) is 5.01. The maximum atomic E-state index is 12.8. The summed E-state index contributed by atoms with van der Waals surface area (Å²) in [5.74, 6) is 0.416. The van der Waals surface area contributed by atoms with Crippen LogP contribution in [0.25, 0.3) is 0 Å². The van der Waals surface area contributed by atoms with Crippen LogP contribution in [0.5, 0.6) is 5.75 Å². The first-order valence-corrected chi connectivity index (χ1v) is 6.66. The third-order valence-electron chi connectivity index (χ3n) is 3.13. The molecule has 1 amide bonds. The average molecular weight is 267 g/mol. The number of carbonyl (C=O) groups is 1. The molecule has 0 bridgehead atoms. The van der Waals surface area contributed by atoms with Crippen molar-refractivity contribution in [2.24, 2.45) is 5.92 Å². The van der Waals surface area contributed by atoms with Crippen molar-refractivity contribution < 1.29 is 13.9 Å². The first kappa shape index (κ1) is 15.5. The van der Waals surface area contributed by atoms with Gasteiger partial charge in [0.25, 0.3) is 5.91 Å². The predicted octanol–water partition coefficient (Wildman–Crippen LogP) is 3.14. The van der Waals surface area contributed by atoms with Gasteiger partial charge in [-0.3, -0.25) is 4.79 Å². The molecule has 0 aliphatic carbocycles. The third-order valence-corrected chi connectivity index (χ3v) is 3.13. The molecular weight excluding hydrogens is 245 g/mol. The number of nitrogens with one attached hydrogen (secondary N) is 1. The Bertz CT molecular complexity index is 403. The zero-order valence-corrected chi connectivity index (χ0v) is 11.9. The van der Waals surface area contributed by atoms with Crippen molar-refractivity contribution >= 4 is 5.91 Å². The van der Waals surface area contributed by atoms with Crippen molar-refractivity contribution in [3.8, 4) is 5.75 Å². The minimum atomic E-state index is -0.549. The lowest BCUT2D eigenvalue weighted by atomic mass is 10.1. The van der Waals surface area contributed by atoms with Crippen LogP contribution in [0.2, 0.25) is 0 Å². The van der Waals surface area contributed by atoms with Gasteiger partial charge in [-0.1, -0.05) is 20.8 Å². The van der Waals surface area contributed by atoms with Gasteiger partial charge in [-0.2, -0.15) is 0 Å². The summed E-state index contributed by atoms with van der Waals surface area (Å²) < 4.78 is 18.4. The predicted molar refractivity (Wildman–Crippen MR) is 73.5 cm³/mol. The molecule has 0 aliphatic rings. The normalized spacial score (nSPS) is 14.0. The number of amides is 1. The molecule has 0 spiro atoms. The first-order chi connectivity index (χ1) is 8.93. The molecule has 19 heavy (non-hydrogen) atoms. The minimum absolute atomic E-state index is 0.0957. The van der Waals surface area contributed by atoms with Crippen LogP contribution in [0.4, 0.5) is 4.39 Å². The summed E-state index contributed by atoms with van der Waals surface area (Å²) in [4.78, 5) is 12.1. The van der Waals surface area contributed by atoms with Gasteiger partial charge in [0.15, 0.2) is 6.10 Å². The van der Waals surface area contributed by atoms with E-state index in [1.54, 1.807) is 0 Å². The van der Waals surface area contributed by atoms with Gasteiger partial charge < -0.3 is 10.1 Å². The minimum Gasteiger partial charge on any atom is -0.481 e. The van der Waals surface area contributed by atoms with Gasteiger partial charge in [-0.15, -0.1) is 0 Å². The highest BCUT2D eigenvalue weighted by atomic mass is 19.1. The molecule has 1 N–H and O–H groups in total. The fraction of sp³-hybridized carbons (Fsp3) is 0.533. The number of hydrogen-bond acceptors (Lipinski definition) is 2. The van der Waals surface area contributed by atoms with Gasteiger partial charge in [0.2, 0.25) is 0 Å². The highest BCUT2D eigenvalue weighted by molar-refractivity contribution is 5.81. The van der Waals surface area contributed by atoms with Gasteiger partial charge in [-0.05, 0) is 43.5 Å². The topological polar surface area (TPSA) is 38.3 Å². The molecule has 2 unspecified atom stereocenters. The summed E-state index contributed by atoms with van der Waals surface area (Å²) in [7, 11) is 0. The largest absolute Gasteiger partial charge is 0.481 e. The van der Waals surface area contributed by atoms with Crippen LogP contribution in [0, 0.1) is 11.7 Å². The summed E-state index contributed by atoms with van der Waals surface area (Å²) in [5, 5.41) is 2.92. The molecular formula is C15H22FNO2. The molecule has 4 heteroatoms. The van der Waals surface area contributed by atoms with E-state index in [4.69, 9.17) is 4.74 Å². The van der Waals surface area contributed by atoms with Crippen molar-refractivity contribution in [2.75, 3.05) is 0 Å². The van der Waals surface area contributed by atoms with Crippen molar-refractivity contribution in [2.45, 2.75) is 46.3 Å². The van der Waals surface area contributed by atoms with Crippen molar-refractivity contribution in [1.29, 1.82) is 0 Å². The zero-order valence-electron chi connectivity index (χ0n) is 11.9. The Morgan fingerprint density at radius 3 is 2.32 bits per heavy atom. The van der Waals surface area contributed by atoms with E-state index in [-0.39, 0.29) is 17.8 Å². The molecule has 3 nitrogen and oxygen atoms in total. The van der Waals surface area contributed by atoms with Crippen LogP contribution in [0.15, 0.2) is 24.3 Å². The maximum absolute atomic E-state index is 12.8. The summed E-state index contributed by atoms with van der Waals surface area (Å²) >= 11 is 0. The van der Waals surface area contributed by atoms with Crippen molar-refractivity contribution in [3.63, 3.8) is 0 Å². The fourth-order valence-corrected chi connectivity index (χ4v) is 1.48. The molecule has 106 valence electrons. The lowest BCUT2D eigenvalue weighted by molar-refractivity contribution is -0.129. The number of ether oxygens (including phenoxy) is 1. The Labute approximate surface area is 114 Å². The Hall–Kier alpha value is -1.58. The van der Waals surface area contributed by atoms with Crippen LogP contribution in [0.3, 0.4) is 0 Å². The molecule has 1 aromatic carbocycles. The number of rotatable bonds is 6. The molecule has 2 atom stereocenters. The van der Waals surface area contributed by atoms with Crippen molar-refractivity contribution in [3.05, 3.63) is 30.1 Å². The first-order valence-electron chi connectivity index (χ1n) is 6.66. The molecule has 0 aliphatic heterocycles. The van der Waals surface area contributed by atoms with Gasteiger partial charge >= 0.3 is 0 Å². The quantitative estimate of drug-likeness (QED) is 0.860. The van der Waals surface area contributed by atoms with E-state index < -0.39 is 6.10 Å². The zero-order chi connectivity index (χ0) is 14.4. The fourth-order valence-electron chi connectivity index (χ4n) is 1.48. The Kier molecular flexibility index (Phi) is 5.80. The van der Waals surface area contributed by atoms with E-state index in [1.807, 2.05) is 27.7 Å². The second kappa shape index (κ2) is 7.12. The van der Waals surface area contributed by atoms with E-state index in [1.165, 1.54) is 24.3 Å². The highest BCUT2D eigenvalue weighted by Crippen LogP contribution is 2.14. The summed E-state index contributed by atoms with van der Waals surface area (Å²) in [6.45, 7) is 7.94. The molecule has 0 saturated carbocycles. The van der Waals surface area contributed by atoms with E-state index >= 15 is 0 Å². The summed E-state index contributed by atoms with van der Waals surface area (Å²) in [6, 6.07) is 5.78. The second-order valence-corrected chi connectivity index (χ2v) is 5.01. The Morgan fingerprint density at radius 1 is 1.26 bits per heavy atom. The average Bonchev–Trinajstić information content (AvgIpc) is 2.37. The summed E-state index contributed by atoms with van der Waals surface area (Å²) in [6.07, 6.45) is 0.0141. The number of benzene rings is 1. The number of hydrogen-bond donors (Lipinski definition) is 1. The van der Waals surface area contributed by atoms with Crippen molar-refractivity contribution in [1.82, 2.24) is 5.32 Å². The lowest BCUT2D eigenvalue weighted by Gasteiger charge is -2.22. The monoisotopic (exact) mass is 267 g/mol. The van der Waals surface area contributed by atoms with Gasteiger partial charge in [0.1, 0.15) is 11.6 Å². The van der Waals surface area contributed by atoms with E-state index in [9.17, 15) is 9.18 Å². The maximum Gasteiger partial charge on any atom is 0.261 e. The Balaban J connectivity index is 2.62. The SMILES string of the molecule is CCC(Oc1ccc(F)cc1)C(=O)NC(C)C(C)C. The third kappa shape index (κ3) is 4.89. The number of carbonyl (C=O) groups excluding carboxylic acids is 1. The summed E-state index contributed by atoms with van der Waals surface area (Å²) in [5.41, 5.74) is 0.